The molecule has 0 aliphatic carbocycles. The van der Waals surface area contributed by atoms with E-state index >= 15 is 0 Å². The summed E-state index contributed by atoms with van der Waals surface area (Å²) in [5, 5.41) is 11.3. The lowest BCUT2D eigenvalue weighted by Crippen LogP contribution is -2.46. The SMILES string of the molecule is COC(CNC(=O)N1CCC=C(C)C1)C(=O)O. The highest BCUT2D eigenvalue weighted by molar-refractivity contribution is 5.77. The summed E-state index contributed by atoms with van der Waals surface area (Å²) in [7, 11) is 1.30. The van der Waals surface area contributed by atoms with Crippen molar-refractivity contribution in [3.05, 3.63) is 11.6 Å². The van der Waals surface area contributed by atoms with Crippen molar-refractivity contribution < 1.29 is 19.4 Å². The van der Waals surface area contributed by atoms with Crippen LogP contribution in [-0.2, 0) is 9.53 Å². The summed E-state index contributed by atoms with van der Waals surface area (Å²) in [6, 6.07) is -0.249. The number of carbonyl (C=O) groups is 2. The van der Waals surface area contributed by atoms with Gasteiger partial charge in [-0.05, 0) is 13.3 Å². The first-order valence-electron chi connectivity index (χ1n) is 5.48. The van der Waals surface area contributed by atoms with Crippen molar-refractivity contribution in [3.63, 3.8) is 0 Å². The molecule has 0 spiro atoms. The Morgan fingerprint density at radius 1 is 1.65 bits per heavy atom. The van der Waals surface area contributed by atoms with E-state index in [1.165, 1.54) is 7.11 Å². The summed E-state index contributed by atoms with van der Waals surface area (Å²) in [5.74, 6) is -1.08. The minimum Gasteiger partial charge on any atom is -0.479 e. The quantitative estimate of drug-likeness (QED) is 0.701. The Bertz CT molecular complexity index is 327. The van der Waals surface area contributed by atoms with E-state index in [-0.39, 0.29) is 12.6 Å². The molecule has 1 atom stereocenters. The molecule has 0 radical (unpaired) electrons. The van der Waals surface area contributed by atoms with Gasteiger partial charge in [-0.3, -0.25) is 0 Å². The average molecular weight is 242 g/mol. The maximum atomic E-state index is 11.7. The van der Waals surface area contributed by atoms with Crippen LogP contribution in [0.25, 0.3) is 0 Å². The Labute approximate surface area is 100 Å². The molecule has 0 saturated carbocycles. The molecule has 0 saturated heterocycles. The van der Waals surface area contributed by atoms with Gasteiger partial charge in [0.15, 0.2) is 6.10 Å². The summed E-state index contributed by atoms with van der Waals surface area (Å²) in [4.78, 5) is 24.1. The Balaban J connectivity index is 2.39. The van der Waals surface area contributed by atoms with Crippen LogP contribution in [0.5, 0.6) is 0 Å². The van der Waals surface area contributed by atoms with Gasteiger partial charge < -0.3 is 20.1 Å². The van der Waals surface area contributed by atoms with Gasteiger partial charge >= 0.3 is 12.0 Å². The lowest BCUT2D eigenvalue weighted by molar-refractivity contribution is -0.148. The van der Waals surface area contributed by atoms with Crippen molar-refractivity contribution in [2.45, 2.75) is 19.4 Å². The number of rotatable bonds is 4. The molecule has 1 heterocycles. The van der Waals surface area contributed by atoms with Gasteiger partial charge in [0, 0.05) is 20.2 Å². The number of hydrogen-bond donors (Lipinski definition) is 2. The molecule has 0 bridgehead atoms. The number of carbonyl (C=O) groups excluding carboxylic acids is 1. The predicted octanol–water partition coefficient (Wildman–Crippen LogP) is 0.448. The highest BCUT2D eigenvalue weighted by atomic mass is 16.5. The number of amides is 2. The Morgan fingerprint density at radius 2 is 2.35 bits per heavy atom. The standard InChI is InChI=1S/C11H18N2O4/c1-8-4-3-5-13(7-8)11(16)12-6-9(17-2)10(14)15/h4,9H,3,5-7H2,1-2H3,(H,12,16)(H,14,15). The van der Waals surface area contributed by atoms with Crippen LogP contribution < -0.4 is 5.32 Å². The lowest BCUT2D eigenvalue weighted by atomic mass is 10.1. The van der Waals surface area contributed by atoms with Crippen LogP contribution in [0.1, 0.15) is 13.3 Å². The molecule has 96 valence electrons. The molecule has 0 aromatic rings. The third-order valence-electron chi connectivity index (χ3n) is 2.62. The van der Waals surface area contributed by atoms with E-state index in [0.717, 1.165) is 12.0 Å². The lowest BCUT2D eigenvalue weighted by Gasteiger charge is -2.26. The third kappa shape index (κ3) is 4.07. The molecule has 6 heteroatoms. The highest BCUT2D eigenvalue weighted by Crippen LogP contribution is 2.08. The fourth-order valence-corrected chi connectivity index (χ4v) is 1.65. The van der Waals surface area contributed by atoms with Crippen molar-refractivity contribution in [2.24, 2.45) is 0 Å². The normalized spacial score (nSPS) is 17.3. The van der Waals surface area contributed by atoms with Crippen molar-refractivity contribution in [2.75, 3.05) is 26.7 Å². The Hall–Kier alpha value is -1.56. The Morgan fingerprint density at radius 3 is 2.88 bits per heavy atom. The van der Waals surface area contributed by atoms with Gasteiger partial charge in [-0.25, -0.2) is 9.59 Å². The molecular weight excluding hydrogens is 224 g/mol. The highest BCUT2D eigenvalue weighted by Gasteiger charge is 2.20. The molecule has 0 aromatic carbocycles. The average Bonchev–Trinajstić information content (AvgIpc) is 2.29. The van der Waals surface area contributed by atoms with Crippen molar-refractivity contribution >= 4 is 12.0 Å². The van der Waals surface area contributed by atoms with Gasteiger partial charge in [-0.2, -0.15) is 0 Å². The summed E-state index contributed by atoms with van der Waals surface area (Å²) >= 11 is 0. The number of hydrogen-bond acceptors (Lipinski definition) is 3. The second kappa shape index (κ2) is 6.24. The number of aliphatic carboxylic acids is 1. The van der Waals surface area contributed by atoms with Gasteiger partial charge in [-0.1, -0.05) is 11.6 Å². The van der Waals surface area contributed by atoms with Crippen LogP contribution in [0.2, 0.25) is 0 Å². The van der Waals surface area contributed by atoms with Crippen molar-refractivity contribution in [3.8, 4) is 0 Å². The first kappa shape index (κ1) is 13.5. The second-order valence-electron chi connectivity index (χ2n) is 4.01. The van der Waals surface area contributed by atoms with E-state index in [1.54, 1.807) is 4.90 Å². The van der Waals surface area contributed by atoms with Gasteiger partial charge in [0.25, 0.3) is 0 Å². The summed E-state index contributed by atoms with van der Waals surface area (Å²) in [6.45, 7) is 3.20. The van der Waals surface area contributed by atoms with Crippen LogP contribution in [0.4, 0.5) is 4.79 Å². The number of carboxylic acids is 1. The van der Waals surface area contributed by atoms with Crippen molar-refractivity contribution in [1.29, 1.82) is 0 Å². The van der Waals surface area contributed by atoms with E-state index in [9.17, 15) is 9.59 Å². The zero-order chi connectivity index (χ0) is 12.8. The van der Waals surface area contributed by atoms with E-state index < -0.39 is 12.1 Å². The molecule has 1 aliphatic rings. The molecule has 0 fully saturated rings. The van der Waals surface area contributed by atoms with E-state index in [1.807, 2.05) is 6.92 Å². The number of urea groups is 1. The number of carboxylic acid groups (broad SMARTS) is 1. The summed E-state index contributed by atoms with van der Waals surface area (Å²) in [5.41, 5.74) is 1.15. The van der Waals surface area contributed by atoms with E-state index in [2.05, 4.69) is 11.4 Å². The van der Waals surface area contributed by atoms with Gasteiger partial charge in [0.1, 0.15) is 0 Å². The van der Waals surface area contributed by atoms with E-state index in [4.69, 9.17) is 9.84 Å². The zero-order valence-electron chi connectivity index (χ0n) is 10.1. The topological polar surface area (TPSA) is 78.9 Å². The molecule has 17 heavy (non-hydrogen) atoms. The molecule has 0 aromatic heterocycles. The maximum absolute atomic E-state index is 11.7. The van der Waals surface area contributed by atoms with Crippen molar-refractivity contribution in [1.82, 2.24) is 10.2 Å². The fraction of sp³-hybridized carbons (Fsp3) is 0.636. The first-order valence-corrected chi connectivity index (χ1v) is 5.48. The van der Waals surface area contributed by atoms with E-state index in [0.29, 0.717) is 13.1 Å². The predicted molar refractivity (Wildman–Crippen MR) is 61.8 cm³/mol. The number of nitrogens with zero attached hydrogens (tertiary/aromatic N) is 1. The largest absolute Gasteiger partial charge is 0.479 e. The molecule has 2 amide bonds. The maximum Gasteiger partial charge on any atom is 0.334 e. The molecule has 1 aliphatic heterocycles. The number of nitrogens with one attached hydrogen (secondary N) is 1. The number of methoxy groups -OCH3 is 1. The molecule has 2 N–H and O–H groups in total. The zero-order valence-corrected chi connectivity index (χ0v) is 10.1. The molecule has 6 nitrogen and oxygen atoms in total. The molecule has 1 rings (SSSR count). The monoisotopic (exact) mass is 242 g/mol. The van der Waals surface area contributed by atoms with Crippen LogP contribution in [-0.4, -0.2) is 54.9 Å². The summed E-state index contributed by atoms with van der Waals surface area (Å²) < 4.78 is 4.73. The molecular formula is C11H18N2O4. The second-order valence-corrected chi connectivity index (χ2v) is 4.01. The van der Waals surface area contributed by atoms with Gasteiger partial charge in [0.2, 0.25) is 0 Å². The van der Waals surface area contributed by atoms with Crippen LogP contribution >= 0.6 is 0 Å². The molecule has 1 unspecified atom stereocenters. The summed E-state index contributed by atoms with van der Waals surface area (Å²) in [6.07, 6.45) is 1.94. The van der Waals surface area contributed by atoms with Gasteiger partial charge in [-0.15, -0.1) is 0 Å². The minimum atomic E-state index is -1.08. The third-order valence-corrected chi connectivity index (χ3v) is 2.62. The first-order chi connectivity index (χ1) is 8.04. The van der Waals surface area contributed by atoms with Crippen LogP contribution in [0.3, 0.4) is 0 Å². The van der Waals surface area contributed by atoms with Gasteiger partial charge in [0.05, 0.1) is 6.54 Å². The minimum absolute atomic E-state index is 0.0239. The number of ether oxygens (including phenoxy) is 1. The Kier molecular flexibility index (Phi) is 4.96. The van der Waals surface area contributed by atoms with Crippen LogP contribution in [0, 0.1) is 0 Å². The van der Waals surface area contributed by atoms with Crippen LogP contribution in [0.15, 0.2) is 11.6 Å². The smallest absolute Gasteiger partial charge is 0.334 e. The fourth-order valence-electron chi connectivity index (χ4n) is 1.65.